The molecule has 0 aliphatic carbocycles. The van der Waals surface area contributed by atoms with Crippen molar-refractivity contribution in [2.45, 2.75) is 18.7 Å². The molecule has 1 rings (SSSR count). The first-order valence-corrected chi connectivity index (χ1v) is 4.88. The maximum Gasteiger partial charge on any atom is 0.401 e. The van der Waals surface area contributed by atoms with Gasteiger partial charge in [0.25, 0.3) is 0 Å². The molecule has 0 bridgehead atoms. The Morgan fingerprint density at radius 2 is 2.25 bits per heavy atom. The molecule has 0 saturated carbocycles. The van der Waals surface area contributed by atoms with Crippen molar-refractivity contribution in [2.75, 3.05) is 33.4 Å². The summed E-state index contributed by atoms with van der Waals surface area (Å²) in [7, 11) is 1.23. The van der Waals surface area contributed by atoms with E-state index in [9.17, 15) is 18.0 Å². The molecule has 1 fully saturated rings. The zero-order chi connectivity index (χ0) is 12.2. The average molecular weight is 241 g/mol. The number of rotatable bonds is 3. The Bertz CT molecular complexity index is 245. The molecule has 1 atom stereocenters. The van der Waals surface area contributed by atoms with Gasteiger partial charge in [-0.2, -0.15) is 13.2 Å². The monoisotopic (exact) mass is 241 g/mol. The van der Waals surface area contributed by atoms with Crippen LogP contribution in [0.5, 0.6) is 0 Å². The fourth-order valence-electron chi connectivity index (χ4n) is 1.57. The van der Waals surface area contributed by atoms with E-state index in [2.05, 4.69) is 4.74 Å². The number of carbonyl (C=O) groups is 1. The Balaban J connectivity index is 2.38. The Morgan fingerprint density at radius 1 is 1.56 bits per heavy atom. The molecule has 0 radical (unpaired) electrons. The molecule has 0 aromatic rings. The van der Waals surface area contributed by atoms with E-state index in [1.54, 1.807) is 0 Å². The van der Waals surface area contributed by atoms with Gasteiger partial charge in [0.1, 0.15) is 0 Å². The minimum absolute atomic E-state index is 0.00907. The Labute approximate surface area is 91.3 Å². The van der Waals surface area contributed by atoms with Crippen molar-refractivity contribution in [1.29, 1.82) is 0 Å². The first-order chi connectivity index (χ1) is 7.40. The van der Waals surface area contributed by atoms with Gasteiger partial charge in [0.05, 0.1) is 32.8 Å². The van der Waals surface area contributed by atoms with Crippen LogP contribution < -0.4 is 0 Å². The summed E-state index contributed by atoms with van der Waals surface area (Å²) in [5.74, 6) is -0.473. The molecule has 1 aliphatic heterocycles. The molecule has 0 aromatic carbocycles. The molecule has 94 valence electrons. The van der Waals surface area contributed by atoms with Gasteiger partial charge in [0.15, 0.2) is 0 Å². The number of nitrogens with zero attached hydrogens (tertiary/aromatic N) is 1. The number of hydrogen-bond donors (Lipinski definition) is 0. The van der Waals surface area contributed by atoms with E-state index in [0.717, 1.165) is 0 Å². The van der Waals surface area contributed by atoms with Gasteiger partial charge in [-0.25, -0.2) is 0 Å². The van der Waals surface area contributed by atoms with Crippen molar-refractivity contribution in [1.82, 2.24) is 4.90 Å². The lowest BCUT2D eigenvalue weighted by Gasteiger charge is -2.32. The maximum absolute atomic E-state index is 12.1. The van der Waals surface area contributed by atoms with Crippen LogP contribution in [0.3, 0.4) is 0 Å². The van der Waals surface area contributed by atoms with Crippen LogP contribution in [0.2, 0.25) is 0 Å². The second-order valence-corrected chi connectivity index (χ2v) is 3.62. The Morgan fingerprint density at radius 3 is 2.81 bits per heavy atom. The molecule has 4 nitrogen and oxygen atoms in total. The number of methoxy groups -OCH3 is 1. The smallest absolute Gasteiger partial charge is 0.401 e. The van der Waals surface area contributed by atoms with Gasteiger partial charge in [-0.15, -0.1) is 0 Å². The van der Waals surface area contributed by atoms with Crippen LogP contribution >= 0.6 is 0 Å². The third-order valence-electron chi connectivity index (χ3n) is 2.25. The summed E-state index contributed by atoms with van der Waals surface area (Å²) < 4.78 is 46.0. The zero-order valence-corrected chi connectivity index (χ0v) is 8.92. The molecule has 0 spiro atoms. The van der Waals surface area contributed by atoms with Crippen LogP contribution in [0.15, 0.2) is 0 Å². The summed E-state index contributed by atoms with van der Waals surface area (Å²) in [4.78, 5) is 12.2. The summed E-state index contributed by atoms with van der Waals surface area (Å²) in [5.41, 5.74) is 0. The van der Waals surface area contributed by atoms with Crippen molar-refractivity contribution >= 4 is 5.97 Å². The lowest BCUT2D eigenvalue weighted by molar-refractivity contribution is -0.162. The summed E-state index contributed by atoms with van der Waals surface area (Å²) >= 11 is 0. The highest BCUT2D eigenvalue weighted by Crippen LogP contribution is 2.19. The highest BCUT2D eigenvalue weighted by atomic mass is 19.4. The van der Waals surface area contributed by atoms with E-state index in [4.69, 9.17) is 4.74 Å². The SMILES string of the molecule is COC(=O)C[C@@H]1CN(CC(F)(F)F)CCO1. The molecule has 0 aromatic heterocycles. The fourth-order valence-corrected chi connectivity index (χ4v) is 1.57. The minimum Gasteiger partial charge on any atom is -0.469 e. The van der Waals surface area contributed by atoms with Crippen LogP contribution in [0.25, 0.3) is 0 Å². The molecule has 7 heteroatoms. The molecular formula is C9H14F3NO3. The summed E-state index contributed by atoms with van der Waals surface area (Å²) in [6, 6.07) is 0. The molecule has 0 amide bonds. The van der Waals surface area contributed by atoms with Gasteiger partial charge in [-0.05, 0) is 0 Å². The average Bonchev–Trinajstić information content (AvgIpc) is 2.15. The summed E-state index contributed by atoms with van der Waals surface area (Å²) in [5, 5.41) is 0. The number of halogens is 3. The lowest BCUT2D eigenvalue weighted by atomic mass is 10.2. The van der Waals surface area contributed by atoms with E-state index < -0.39 is 24.8 Å². The van der Waals surface area contributed by atoms with Gasteiger partial charge >= 0.3 is 12.1 Å². The van der Waals surface area contributed by atoms with Gasteiger partial charge in [0.2, 0.25) is 0 Å². The Kier molecular flexibility index (Phi) is 4.55. The van der Waals surface area contributed by atoms with E-state index in [0.29, 0.717) is 0 Å². The molecule has 0 N–H and O–H groups in total. The number of alkyl halides is 3. The van der Waals surface area contributed by atoms with Crippen molar-refractivity contribution in [2.24, 2.45) is 0 Å². The molecule has 1 saturated heterocycles. The predicted octanol–water partition coefficient (Wildman–Crippen LogP) is 0.813. The van der Waals surface area contributed by atoms with Crippen molar-refractivity contribution < 1.29 is 27.4 Å². The maximum atomic E-state index is 12.1. The fraction of sp³-hybridized carbons (Fsp3) is 0.889. The molecular weight excluding hydrogens is 227 g/mol. The summed E-state index contributed by atoms with van der Waals surface area (Å²) in [6.45, 7) is -0.419. The van der Waals surface area contributed by atoms with E-state index in [1.165, 1.54) is 12.0 Å². The molecule has 16 heavy (non-hydrogen) atoms. The first-order valence-electron chi connectivity index (χ1n) is 4.88. The topological polar surface area (TPSA) is 38.8 Å². The second kappa shape index (κ2) is 5.49. The standard InChI is InChI=1S/C9H14F3NO3/c1-15-8(14)4-7-5-13(2-3-16-7)6-9(10,11)12/h7H,2-6H2,1H3/t7-/m1/s1. The normalized spacial score (nSPS) is 23.1. The zero-order valence-electron chi connectivity index (χ0n) is 8.92. The number of morpholine rings is 1. The largest absolute Gasteiger partial charge is 0.469 e. The third kappa shape index (κ3) is 4.80. The number of ether oxygens (including phenoxy) is 2. The predicted molar refractivity (Wildman–Crippen MR) is 48.9 cm³/mol. The molecule has 1 heterocycles. The van der Waals surface area contributed by atoms with E-state index in [-0.39, 0.29) is 26.1 Å². The van der Waals surface area contributed by atoms with Crippen molar-refractivity contribution in [3.63, 3.8) is 0 Å². The van der Waals surface area contributed by atoms with Crippen LogP contribution in [0.1, 0.15) is 6.42 Å². The first kappa shape index (κ1) is 13.2. The molecule has 1 aliphatic rings. The highest BCUT2D eigenvalue weighted by molar-refractivity contribution is 5.69. The van der Waals surface area contributed by atoms with Crippen molar-refractivity contribution in [3.05, 3.63) is 0 Å². The van der Waals surface area contributed by atoms with Gasteiger partial charge in [-0.1, -0.05) is 0 Å². The quantitative estimate of drug-likeness (QED) is 0.685. The van der Waals surface area contributed by atoms with E-state index >= 15 is 0 Å². The highest BCUT2D eigenvalue weighted by Gasteiger charge is 2.33. The number of carbonyl (C=O) groups excluding carboxylic acids is 1. The van der Waals surface area contributed by atoms with Crippen LogP contribution in [-0.2, 0) is 14.3 Å². The van der Waals surface area contributed by atoms with Crippen LogP contribution in [0, 0.1) is 0 Å². The lowest BCUT2D eigenvalue weighted by Crippen LogP contribution is -2.47. The van der Waals surface area contributed by atoms with Gasteiger partial charge in [0, 0.05) is 13.1 Å². The van der Waals surface area contributed by atoms with Crippen LogP contribution in [0.4, 0.5) is 13.2 Å². The second-order valence-electron chi connectivity index (χ2n) is 3.62. The minimum atomic E-state index is -4.22. The van der Waals surface area contributed by atoms with Crippen LogP contribution in [-0.4, -0.2) is 56.5 Å². The third-order valence-corrected chi connectivity index (χ3v) is 2.25. The van der Waals surface area contributed by atoms with E-state index in [1.807, 2.05) is 0 Å². The van der Waals surface area contributed by atoms with Gasteiger partial charge in [-0.3, -0.25) is 9.69 Å². The van der Waals surface area contributed by atoms with Crippen molar-refractivity contribution in [3.8, 4) is 0 Å². The Hall–Kier alpha value is -0.820. The van der Waals surface area contributed by atoms with Gasteiger partial charge < -0.3 is 9.47 Å². The number of hydrogen-bond acceptors (Lipinski definition) is 4. The number of esters is 1. The summed E-state index contributed by atoms with van der Waals surface area (Å²) in [6.07, 6.45) is -4.73. The molecule has 0 unspecified atom stereocenters.